The van der Waals surface area contributed by atoms with Crippen LogP contribution in [0.5, 0.6) is 11.5 Å². The minimum absolute atomic E-state index is 0.0212. The van der Waals surface area contributed by atoms with Gasteiger partial charge in [0.15, 0.2) is 0 Å². The zero-order valence-electron chi connectivity index (χ0n) is 24.9. The number of allylic oxidation sites excluding steroid dienone is 1. The number of nitrogens with zero attached hydrogens (tertiary/aromatic N) is 2. The molecule has 0 unspecified atom stereocenters. The molecule has 1 saturated heterocycles. The highest BCUT2D eigenvalue weighted by Crippen LogP contribution is 2.38. The highest BCUT2D eigenvalue weighted by Gasteiger charge is 2.38. The van der Waals surface area contributed by atoms with Crippen molar-refractivity contribution >= 4 is 11.5 Å². The van der Waals surface area contributed by atoms with Crippen LogP contribution >= 0.6 is 0 Å². The lowest BCUT2D eigenvalue weighted by molar-refractivity contribution is -0.142. The van der Waals surface area contributed by atoms with E-state index in [2.05, 4.69) is 35.7 Å². The number of carboxylic acid groups (broad SMARTS) is 1. The molecule has 1 aliphatic rings. The van der Waals surface area contributed by atoms with Crippen molar-refractivity contribution < 1.29 is 19.1 Å². The van der Waals surface area contributed by atoms with Crippen molar-refractivity contribution in [3.8, 4) is 23.0 Å². The van der Waals surface area contributed by atoms with Gasteiger partial charge >= 0.3 is 5.97 Å². The van der Waals surface area contributed by atoms with Crippen molar-refractivity contribution in [1.82, 2.24) is 9.88 Å². The molecular weight excluding hydrogens is 548 g/mol. The van der Waals surface area contributed by atoms with Crippen LogP contribution in [0, 0.1) is 6.92 Å². The van der Waals surface area contributed by atoms with Gasteiger partial charge in [-0.15, -0.1) is 0 Å². The van der Waals surface area contributed by atoms with E-state index < -0.39 is 12.0 Å². The topological polar surface area (TPSA) is 75.8 Å². The van der Waals surface area contributed by atoms with E-state index in [0.29, 0.717) is 18.9 Å². The number of aromatic nitrogens is 1. The van der Waals surface area contributed by atoms with Gasteiger partial charge in [-0.25, -0.2) is 4.98 Å². The Hall–Kier alpha value is -4.94. The molecule has 0 bridgehead atoms. The van der Waals surface area contributed by atoms with Crippen LogP contribution in [0.1, 0.15) is 53.4 Å². The summed E-state index contributed by atoms with van der Waals surface area (Å²) in [5.41, 5.74) is 6.19. The highest BCUT2D eigenvalue weighted by molar-refractivity contribution is 5.74. The summed E-state index contributed by atoms with van der Waals surface area (Å²) in [6.07, 6.45) is 2.92. The van der Waals surface area contributed by atoms with Gasteiger partial charge in [0.05, 0.1) is 5.69 Å². The Bertz CT molecular complexity index is 1710. The van der Waals surface area contributed by atoms with E-state index in [9.17, 15) is 9.90 Å². The minimum atomic E-state index is -0.778. The van der Waals surface area contributed by atoms with E-state index in [-0.39, 0.29) is 6.04 Å². The number of carboxylic acids is 1. The number of aliphatic carboxylic acids is 1. The summed E-state index contributed by atoms with van der Waals surface area (Å²) in [7, 11) is 0. The molecule has 5 aromatic rings. The molecule has 6 rings (SSSR count). The van der Waals surface area contributed by atoms with Crippen LogP contribution in [-0.2, 0) is 17.8 Å². The summed E-state index contributed by atoms with van der Waals surface area (Å²) in [5, 5.41) is 10.0. The summed E-state index contributed by atoms with van der Waals surface area (Å²) in [5.74, 6) is 2.23. The molecule has 0 spiro atoms. The average Bonchev–Trinajstić information content (AvgIpc) is 3.65. The SMILES string of the molecule is C=C(CCc1nc(-c2ccccc2)oc1C)c1ccc([C@@H]2CC[C@@H](C(=O)O)N2Cc2ccc(Oc3ccccc3)cc2)cc1. The number of benzene rings is 4. The van der Waals surface area contributed by atoms with E-state index in [4.69, 9.17) is 14.1 Å². The first kappa shape index (κ1) is 29.1. The Labute approximate surface area is 258 Å². The van der Waals surface area contributed by atoms with Gasteiger partial charge in [0.2, 0.25) is 5.89 Å². The van der Waals surface area contributed by atoms with Crippen LogP contribution in [0.15, 0.2) is 120 Å². The monoisotopic (exact) mass is 584 g/mol. The second-order valence-corrected chi connectivity index (χ2v) is 11.3. The van der Waals surface area contributed by atoms with E-state index in [0.717, 1.165) is 70.0 Å². The van der Waals surface area contributed by atoms with Crippen LogP contribution in [0.3, 0.4) is 0 Å². The molecule has 1 aliphatic heterocycles. The molecular formula is C38H36N2O4. The van der Waals surface area contributed by atoms with E-state index in [1.54, 1.807) is 0 Å². The Morgan fingerprint density at radius 3 is 2.25 bits per heavy atom. The normalized spacial score (nSPS) is 16.6. The van der Waals surface area contributed by atoms with Crippen LogP contribution in [0.2, 0.25) is 0 Å². The number of hydrogen-bond donors (Lipinski definition) is 1. The zero-order chi connectivity index (χ0) is 30.5. The van der Waals surface area contributed by atoms with Crippen molar-refractivity contribution in [2.75, 3.05) is 0 Å². The van der Waals surface area contributed by atoms with Gasteiger partial charge in [-0.3, -0.25) is 9.69 Å². The smallest absolute Gasteiger partial charge is 0.320 e. The zero-order valence-corrected chi connectivity index (χ0v) is 24.9. The van der Waals surface area contributed by atoms with Crippen molar-refractivity contribution in [2.24, 2.45) is 0 Å². The molecule has 1 aromatic heterocycles. The summed E-state index contributed by atoms with van der Waals surface area (Å²) >= 11 is 0. The predicted molar refractivity (Wildman–Crippen MR) is 172 cm³/mol. The second-order valence-electron chi connectivity index (χ2n) is 11.3. The number of rotatable bonds is 11. The van der Waals surface area contributed by atoms with E-state index >= 15 is 0 Å². The molecule has 2 atom stereocenters. The maximum atomic E-state index is 12.2. The van der Waals surface area contributed by atoms with Crippen molar-refractivity contribution in [3.63, 3.8) is 0 Å². The van der Waals surface area contributed by atoms with Crippen LogP contribution < -0.4 is 4.74 Å². The number of ether oxygens (including phenoxy) is 1. The largest absolute Gasteiger partial charge is 0.480 e. The number of oxazole rings is 1. The number of likely N-dealkylation sites (tertiary alicyclic amines) is 1. The third kappa shape index (κ3) is 6.66. The van der Waals surface area contributed by atoms with Crippen molar-refractivity contribution in [3.05, 3.63) is 144 Å². The fourth-order valence-electron chi connectivity index (χ4n) is 5.93. The molecule has 1 N–H and O–H groups in total. The maximum absolute atomic E-state index is 12.2. The molecule has 6 heteroatoms. The van der Waals surface area contributed by atoms with Gasteiger partial charge in [0.25, 0.3) is 0 Å². The standard InChI is InChI=1S/C38H36N2O4/c1-26(13-22-34-27(2)43-37(39-34)31-9-5-3-6-10-31)29-16-18-30(19-17-29)35-23-24-36(38(41)42)40(35)25-28-14-20-33(21-15-28)44-32-11-7-4-8-12-32/h3-12,14-21,35-36H,1,13,22-25H2,2H3,(H,41,42)/t35-,36-/m0/s1. The van der Waals surface area contributed by atoms with Gasteiger partial charge < -0.3 is 14.3 Å². The van der Waals surface area contributed by atoms with Gasteiger partial charge in [-0.2, -0.15) is 0 Å². The molecule has 0 radical (unpaired) electrons. The Morgan fingerprint density at radius 2 is 1.57 bits per heavy atom. The van der Waals surface area contributed by atoms with Crippen molar-refractivity contribution in [2.45, 2.75) is 51.2 Å². The minimum Gasteiger partial charge on any atom is -0.480 e. The Morgan fingerprint density at radius 1 is 0.909 bits per heavy atom. The number of para-hydroxylation sites is 1. The third-order valence-electron chi connectivity index (χ3n) is 8.35. The number of carbonyl (C=O) groups is 1. The Kier molecular flexibility index (Phi) is 8.71. The Balaban J connectivity index is 1.10. The van der Waals surface area contributed by atoms with Crippen LogP contribution in [0.25, 0.3) is 17.0 Å². The van der Waals surface area contributed by atoms with Crippen LogP contribution in [-0.4, -0.2) is 27.0 Å². The number of hydrogen-bond acceptors (Lipinski definition) is 5. The first-order valence-electron chi connectivity index (χ1n) is 15.0. The van der Waals surface area contributed by atoms with Gasteiger partial charge in [-0.05, 0) is 91.3 Å². The van der Waals surface area contributed by atoms with Crippen molar-refractivity contribution in [1.29, 1.82) is 0 Å². The van der Waals surface area contributed by atoms with Crippen LogP contribution in [0.4, 0.5) is 0 Å². The number of aryl methyl sites for hydroxylation is 2. The fourth-order valence-corrected chi connectivity index (χ4v) is 5.93. The lowest BCUT2D eigenvalue weighted by Gasteiger charge is -2.28. The molecule has 0 amide bonds. The molecule has 0 saturated carbocycles. The fraction of sp³-hybridized carbons (Fsp3) is 0.211. The average molecular weight is 585 g/mol. The summed E-state index contributed by atoms with van der Waals surface area (Å²) < 4.78 is 11.9. The highest BCUT2D eigenvalue weighted by atomic mass is 16.5. The molecule has 1 fully saturated rings. The third-order valence-corrected chi connectivity index (χ3v) is 8.35. The van der Waals surface area contributed by atoms with Gasteiger partial charge in [0, 0.05) is 18.2 Å². The molecule has 4 aromatic carbocycles. The lowest BCUT2D eigenvalue weighted by Crippen LogP contribution is -2.36. The molecule has 6 nitrogen and oxygen atoms in total. The second kappa shape index (κ2) is 13.1. The van der Waals surface area contributed by atoms with Gasteiger partial charge in [0.1, 0.15) is 23.3 Å². The summed E-state index contributed by atoms with van der Waals surface area (Å²) in [4.78, 5) is 19.0. The predicted octanol–water partition coefficient (Wildman–Crippen LogP) is 8.88. The summed E-state index contributed by atoms with van der Waals surface area (Å²) in [6.45, 7) is 6.85. The first-order valence-corrected chi connectivity index (χ1v) is 15.0. The molecule has 0 aliphatic carbocycles. The molecule has 44 heavy (non-hydrogen) atoms. The molecule has 222 valence electrons. The molecule has 2 heterocycles. The van der Waals surface area contributed by atoms with E-state index in [1.807, 2.05) is 91.9 Å². The maximum Gasteiger partial charge on any atom is 0.320 e. The van der Waals surface area contributed by atoms with E-state index in [1.165, 1.54) is 0 Å². The first-order chi connectivity index (χ1) is 21.4. The van der Waals surface area contributed by atoms with Gasteiger partial charge in [-0.1, -0.05) is 79.4 Å². The quantitative estimate of drug-likeness (QED) is 0.167. The lowest BCUT2D eigenvalue weighted by atomic mass is 9.97. The summed E-state index contributed by atoms with van der Waals surface area (Å²) in [6, 6.07) is 35.4.